The number of hydrogen-bond acceptors (Lipinski definition) is 4. The van der Waals surface area contributed by atoms with Crippen molar-refractivity contribution in [2.24, 2.45) is 11.8 Å². The van der Waals surface area contributed by atoms with Gasteiger partial charge in [0.15, 0.2) is 0 Å². The van der Waals surface area contributed by atoms with Crippen LogP contribution >= 0.6 is 0 Å². The summed E-state index contributed by atoms with van der Waals surface area (Å²) >= 11 is 0. The van der Waals surface area contributed by atoms with E-state index in [9.17, 15) is 9.18 Å². The lowest BCUT2D eigenvalue weighted by Gasteiger charge is -2.16. The molecule has 0 spiro atoms. The summed E-state index contributed by atoms with van der Waals surface area (Å²) in [4.78, 5) is 18.3. The zero-order valence-electron chi connectivity index (χ0n) is 12.8. The molecule has 2 atom stereocenters. The SMILES string of the molecule is COC[C@@H]1CN(Cc2ccncc2F)C[C@H]1C(=O)NC1CC1. The van der Waals surface area contributed by atoms with Gasteiger partial charge < -0.3 is 10.1 Å². The number of rotatable bonds is 6. The van der Waals surface area contributed by atoms with Crippen LogP contribution in [0.1, 0.15) is 18.4 Å². The maximum Gasteiger partial charge on any atom is 0.225 e. The van der Waals surface area contributed by atoms with Crippen LogP contribution in [0.25, 0.3) is 0 Å². The first kappa shape index (κ1) is 15.4. The summed E-state index contributed by atoms with van der Waals surface area (Å²) in [5.41, 5.74) is 0.620. The number of carbonyl (C=O) groups excluding carboxylic acids is 1. The second kappa shape index (κ2) is 6.71. The van der Waals surface area contributed by atoms with Gasteiger partial charge in [0.05, 0.1) is 18.7 Å². The molecular formula is C16H22FN3O2. The highest BCUT2D eigenvalue weighted by Crippen LogP contribution is 2.27. The second-order valence-electron chi connectivity index (χ2n) is 6.27. The van der Waals surface area contributed by atoms with Crippen LogP contribution in [0.3, 0.4) is 0 Å². The molecule has 5 nitrogen and oxygen atoms in total. The molecule has 1 aliphatic carbocycles. The lowest BCUT2D eigenvalue weighted by molar-refractivity contribution is -0.126. The molecule has 1 saturated heterocycles. The third-order valence-electron chi connectivity index (χ3n) is 4.41. The van der Waals surface area contributed by atoms with Crippen molar-refractivity contribution in [3.05, 3.63) is 29.8 Å². The number of amides is 1. The molecule has 120 valence electrons. The van der Waals surface area contributed by atoms with Crippen molar-refractivity contribution in [2.45, 2.75) is 25.4 Å². The minimum absolute atomic E-state index is 0.0783. The van der Waals surface area contributed by atoms with Crippen molar-refractivity contribution >= 4 is 5.91 Å². The van der Waals surface area contributed by atoms with Crippen molar-refractivity contribution in [3.8, 4) is 0 Å². The molecule has 22 heavy (non-hydrogen) atoms. The van der Waals surface area contributed by atoms with Gasteiger partial charge >= 0.3 is 0 Å². The second-order valence-corrected chi connectivity index (χ2v) is 6.27. The third kappa shape index (κ3) is 3.62. The number of methoxy groups -OCH3 is 1. The van der Waals surface area contributed by atoms with E-state index in [-0.39, 0.29) is 23.6 Å². The summed E-state index contributed by atoms with van der Waals surface area (Å²) in [7, 11) is 1.65. The van der Waals surface area contributed by atoms with Crippen LogP contribution in [0, 0.1) is 17.7 Å². The predicted octanol–water partition coefficient (Wildman–Crippen LogP) is 1.19. The highest BCUT2D eigenvalue weighted by molar-refractivity contribution is 5.80. The number of nitrogens with zero attached hydrogens (tertiary/aromatic N) is 2. The highest BCUT2D eigenvalue weighted by atomic mass is 19.1. The summed E-state index contributed by atoms with van der Waals surface area (Å²) < 4.78 is 19.0. The number of ether oxygens (including phenoxy) is 1. The molecule has 0 radical (unpaired) electrons. The number of halogens is 1. The molecule has 1 aromatic rings. The summed E-state index contributed by atoms with van der Waals surface area (Å²) in [5.74, 6) is -0.0991. The maximum atomic E-state index is 13.7. The normalized spacial score (nSPS) is 25.4. The number of carbonyl (C=O) groups is 1. The van der Waals surface area contributed by atoms with E-state index >= 15 is 0 Å². The molecule has 1 amide bonds. The van der Waals surface area contributed by atoms with E-state index in [1.165, 1.54) is 6.20 Å². The van der Waals surface area contributed by atoms with E-state index in [4.69, 9.17) is 4.74 Å². The Bertz CT molecular complexity index is 536. The smallest absolute Gasteiger partial charge is 0.225 e. The Morgan fingerprint density at radius 2 is 2.32 bits per heavy atom. The van der Waals surface area contributed by atoms with E-state index in [1.807, 2.05) is 0 Å². The standard InChI is InChI=1S/C16H22FN3O2/c1-22-10-12-8-20(7-11-4-5-18-6-15(11)17)9-14(12)16(21)19-13-2-3-13/h4-6,12-14H,2-3,7-10H2,1H3,(H,19,21)/t12-,14+/m0/s1. The van der Waals surface area contributed by atoms with Gasteiger partial charge in [-0.15, -0.1) is 0 Å². The number of likely N-dealkylation sites (tertiary alicyclic amines) is 1. The van der Waals surface area contributed by atoms with Gasteiger partial charge in [0.2, 0.25) is 5.91 Å². The van der Waals surface area contributed by atoms with Gasteiger partial charge in [-0.25, -0.2) is 4.39 Å². The molecule has 6 heteroatoms. The minimum Gasteiger partial charge on any atom is -0.384 e. The van der Waals surface area contributed by atoms with Crippen molar-refractivity contribution in [2.75, 3.05) is 26.8 Å². The Kier molecular flexibility index (Phi) is 4.69. The van der Waals surface area contributed by atoms with E-state index in [2.05, 4.69) is 15.2 Å². The van der Waals surface area contributed by atoms with Crippen molar-refractivity contribution in [1.29, 1.82) is 0 Å². The average molecular weight is 307 g/mol. The fourth-order valence-corrected chi connectivity index (χ4v) is 3.08. The molecule has 2 fully saturated rings. The van der Waals surface area contributed by atoms with Gasteiger partial charge in [0.25, 0.3) is 0 Å². The van der Waals surface area contributed by atoms with E-state index in [0.29, 0.717) is 31.3 Å². The molecule has 2 aliphatic rings. The average Bonchev–Trinajstić information content (AvgIpc) is 3.21. The summed E-state index contributed by atoms with van der Waals surface area (Å²) in [5, 5.41) is 3.07. The molecule has 0 unspecified atom stereocenters. The molecule has 2 heterocycles. The van der Waals surface area contributed by atoms with Crippen molar-refractivity contribution < 1.29 is 13.9 Å². The monoisotopic (exact) mass is 307 g/mol. The molecular weight excluding hydrogens is 285 g/mol. The van der Waals surface area contributed by atoms with E-state index in [1.54, 1.807) is 19.4 Å². The number of nitrogens with one attached hydrogen (secondary N) is 1. The first-order valence-electron chi connectivity index (χ1n) is 7.77. The zero-order valence-corrected chi connectivity index (χ0v) is 12.8. The van der Waals surface area contributed by atoms with Gasteiger partial charge in [-0.05, 0) is 18.9 Å². The molecule has 1 aliphatic heterocycles. The quantitative estimate of drug-likeness (QED) is 0.858. The summed E-state index contributed by atoms with van der Waals surface area (Å²) in [6.45, 7) is 2.45. The van der Waals surface area contributed by atoms with Crippen molar-refractivity contribution in [1.82, 2.24) is 15.2 Å². The van der Waals surface area contributed by atoms with Gasteiger partial charge in [0, 0.05) is 50.5 Å². The Morgan fingerprint density at radius 1 is 1.50 bits per heavy atom. The maximum absolute atomic E-state index is 13.7. The Morgan fingerprint density at radius 3 is 3.00 bits per heavy atom. The van der Waals surface area contributed by atoms with Crippen LogP contribution in [0.15, 0.2) is 18.5 Å². The topological polar surface area (TPSA) is 54.5 Å². The van der Waals surface area contributed by atoms with Crippen LogP contribution < -0.4 is 5.32 Å². The Labute approximate surface area is 129 Å². The van der Waals surface area contributed by atoms with E-state index < -0.39 is 0 Å². The van der Waals surface area contributed by atoms with Gasteiger partial charge in [-0.3, -0.25) is 14.7 Å². The summed E-state index contributed by atoms with van der Waals surface area (Å²) in [6, 6.07) is 2.06. The van der Waals surface area contributed by atoms with Crippen LogP contribution in [0.4, 0.5) is 4.39 Å². The largest absolute Gasteiger partial charge is 0.384 e. The van der Waals surface area contributed by atoms with Gasteiger partial charge in [-0.1, -0.05) is 0 Å². The number of aromatic nitrogens is 1. The Hall–Kier alpha value is -1.53. The highest BCUT2D eigenvalue weighted by Gasteiger charge is 2.39. The first-order valence-corrected chi connectivity index (χ1v) is 7.77. The van der Waals surface area contributed by atoms with Crippen LogP contribution in [-0.4, -0.2) is 48.6 Å². The molecule has 1 saturated carbocycles. The zero-order chi connectivity index (χ0) is 15.5. The summed E-state index contributed by atoms with van der Waals surface area (Å²) in [6.07, 6.45) is 4.99. The molecule has 0 bridgehead atoms. The van der Waals surface area contributed by atoms with Gasteiger partial charge in [-0.2, -0.15) is 0 Å². The molecule has 0 aromatic carbocycles. The first-order chi connectivity index (χ1) is 10.7. The van der Waals surface area contributed by atoms with Crippen LogP contribution in [-0.2, 0) is 16.1 Å². The lowest BCUT2D eigenvalue weighted by atomic mass is 9.96. The van der Waals surface area contributed by atoms with Crippen molar-refractivity contribution in [3.63, 3.8) is 0 Å². The minimum atomic E-state index is -0.295. The van der Waals surface area contributed by atoms with Crippen LogP contribution in [0.2, 0.25) is 0 Å². The molecule has 1 aromatic heterocycles. The number of hydrogen-bond donors (Lipinski definition) is 1. The Balaban J connectivity index is 1.64. The van der Waals surface area contributed by atoms with E-state index in [0.717, 1.165) is 19.4 Å². The fourth-order valence-electron chi connectivity index (χ4n) is 3.08. The van der Waals surface area contributed by atoms with Crippen LogP contribution in [0.5, 0.6) is 0 Å². The number of pyridine rings is 1. The predicted molar refractivity (Wildman–Crippen MR) is 79.5 cm³/mol. The molecule has 1 N–H and O–H groups in total. The van der Waals surface area contributed by atoms with Gasteiger partial charge in [0.1, 0.15) is 5.82 Å². The molecule has 3 rings (SSSR count). The fraction of sp³-hybridized carbons (Fsp3) is 0.625. The lowest BCUT2D eigenvalue weighted by Crippen LogP contribution is -2.37. The third-order valence-corrected chi connectivity index (χ3v) is 4.41.